The third kappa shape index (κ3) is 8.61. The molecule has 1 aromatic rings. The van der Waals surface area contributed by atoms with Crippen LogP contribution < -0.4 is 10.6 Å². The zero-order valence-corrected chi connectivity index (χ0v) is 21.0. The van der Waals surface area contributed by atoms with Gasteiger partial charge in [0.1, 0.15) is 0 Å². The number of hydrogen-bond donors (Lipinski definition) is 2. The first-order chi connectivity index (χ1) is 13.0. The van der Waals surface area contributed by atoms with E-state index in [4.69, 9.17) is 23.2 Å². The van der Waals surface area contributed by atoms with E-state index in [1.54, 1.807) is 6.07 Å². The molecule has 1 fully saturated rings. The Balaban J connectivity index is 0.00000392. The number of nitrogens with zero attached hydrogens (tertiary/aromatic N) is 3. The molecule has 0 amide bonds. The number of halogens is 3. The maximum atomic E-state index is 6.23. The molecular weight excluding hydrogens is 508 g/mol. The number of aryl methyl sites for hydroxylation is 1. The average Bonchev–Trinajstić information content (AvgIpc) is 2.68. The Morgan fingerprint density at radius 1 is 1.18 bits per heavy atom. The van der Waals surface area contributed by atoms with Crippen LogP contribution in [0.15, 0.2) is 23.2 Å². The largest absolute Gasteiger partial charge is 0.356 e. The molecule has 5 nitrogen and oxygen atoms in total. The van der Waals surface area contributed by atoms with Gasteiger partial charge in [0.25, 0.3) is 0 Å². The lowest BCUT2D eigenvalue weighted by molar-refractivity contribution is 0.107. The van der Waals surface area contributed by atoms with Gasteiger partial charge in [-0.3, -0.25) is 9.89 Å². The normalized spacial score (nSPS) is 17.1. The fourth-order valence-electron chi connectivity index (χ4n) is 3.32. The number of benzene rings is 1. The van der Waals surface area contributed by atoms with Crippen LogP contribution in [0.2, 0.25) is 10.0 Å². The number of guanidine groups is 1. The van der Waals surface area contributed by atoms with E-state index in [9.17, 15) is 0 Å². The number of rotatable bonds is 8. The first kappa shape index (κ1) is 25.8. The van der Waals surface area contributed by atoms with Crippen LogP contribution >= 0.6 is 47.2 Å². The van der Waals surface area contributed by atoms with Gasteiger partial charge >= 0.3 is 0 Å². The highest BCUT2D eigenvalue weighted by molar-refractivity contribution is 14.0. The number of hydrogen-bond acceptors (Lipinski definition) is 3. The van der Waals surface area contributed by atoms with E-state index in [0.29, 0.717) is 11.1 Å². The maximum Gasteiger partial charge on any atom is 0.191 e. The van der Waals surface area contributed by atoms with Crippen LogP contribution in [0.5, 0.6) is 0 Å². The topological polar surface area (TPSA) is 42.9 Å². The highest BCUT2D eigenvalue weighted by atomic mass is 127. The quantitative estimate of drug-likeness (QED) is 0.228. The second-order valence-corrected chi connectivity index (χ2v) is 7.88. The van der Waals surface area contributed by atoms with Gasteiger partial charge in [0.15, 0.2) is 5.96 Å². The van der Waals surface area contributed by atoms with Crippen molar-refractivity contribution in [2.75, 3.05) is 52.9 Å². The lowest BCUT2D eigenvalue weighted by Gasteiger charge is -2.37. The zero-order chi connectivity index (χ0) is 19.6. The molecule has 1 aliphatic rings. The van der Waals surface area contributed by atoms with Crippen molar-refractivity contribution in [3.8, 4) is 0 Å². The van der Waals surface area contributed by atoms with Crippen molar-refractivity contribution in [3.05, 3.63) is 33.8 Å². The average molecular weight is 542 g/mol. The highest BCUT2D eigenvalue weighted by Crippen LogP contribution is 2.21. The van der Waals surface area contributed by atoms with Gasteiger partial charge in [-0.2, -0.15) is 0 Å². The van der Waals surface area contributed by atoms with Gasteiger partial charge in [-0.25, -0.2) is 0 Å². The molecule has 0 aromatic heterocycles. The fraction of sp³-hybridized carbons (Fsp3) is 0.650. The van der Waals surface area contributed by atoms with Crippen LogP contribution in [0.4, 0.5) is 0 Å². The van der Waals surface area contributed by atoms with Crippen LogP contribution in [0.3, 0.4) is 0 Å². The fourth-order valence-corrected chi connectivity index (χ4v) is 3.83. The third-order valence-electron chi connectivity index (χ3n) is 5.20. The predicted octanol–water partition coefficient (Wildman–Crippen LogP) is 3.74. The summed E-state index contributed by atoms with van der Waals surface area (Å²) < 4.78 is 0. The lowest BCUT2D eigenvalue weighted by Crippen LogP contribution is -2.53. The minimum Gasteiger partial charge on any atom is -0.356 e. The summed E-state index contributed by atoms with van der Waals surface area (Å²) >= 11 is 12.2. The summed E-state index contributed by atoms with van der Waals surface area (Å²) in [7, 11) is 1.82. The summed E-state index contributed by atoms with van der Waals surface area (Å²) in [4.78, 5) is 9.38. The molecule has 0 radical (unpaired) electrons. The molecule has 160 valence electrons. The van der Waals surface area contributed by atoms with Crippen molar-refractivity contribution < 1.29 is 0 Å². The summed E-state index contributed by atoms with van der Waals surface area (Å²) in [6, 6.07) is 6.18. The molecular formula is C20H34Cl2IN5. The molecule has 1 aromatic carbocycles. The number of nitrogens with one attached hydrogen (secondary N) is 2. The monoisotopic (exact) mass is 541 g/mol. The molecule has 28 heavy (non-hydrogen) atoms. The number of piperazine rings is 1. The Morgan fingerprint density at radius 2 is 1.89 bits per heavy atom. The van der Waals surface area contributed by atoms with E-state index >= 15 is 0 Å². The SMILES string of the molecule is CCN1CCN(C(C)CNC(=NC)NCCCc2ccc(Cl)cc2Cl)CC1.I. The highest BCUT2D eigenvalue weighted by Gasteiger charge is 2.20. The zero-order valence-electron chi connectivity index (χ0n) is 17.2. The summed E-state index contributed by atoms with van der Waals surface area (Å²) in [5.41, 5.74) is 1.13. The molecule has 0 saturated carbocycles. The Morgan fingerprint density at radius 3 is 2.50 bits per heavy atom. The number of likely N-dealkylation sites (N-methyl/N-ethyl adjacent to an activating group) is 1. The smallest absolute Gasteiger partial charge is 0.191 e. The van der Waals surface area contributed by atoms with Gasteiger partial charge in [0, 0.05) is 62.4 Å². The number of aliphatic imine (C=N–C) groups is 1. The van der Waals surface area contributed by atoms with E-state index in [1.807, 2.05) is 19.2 Å². The maximum absolute atomic E-state index is 6.23. The molecule has 8 heteroatoms. The van der Waals surface area contributed by atoms with Gasteiger partial charge in [-0.05, 0) is 44.0 Å². The first-order valence-corrected chi connectivity index (χ1v) is 10.6. The Bertz CT molecular complexity index is 606. The van der Waals surface area contributed by atoms with E-state index < -0.39 is 0 Å². The standard InChI is InChI=1S/C20H33Cl2N5.HI/c1-4-26-10-12-27(13-11-26)16(2)15-25-20(23-3)24-9-5-6-17-7-8-18(21)14-19(17)22;/h7-8,14,16H,4-6,9-13,15H2,1-3H3,(H2,23,24,25);1H. The second-order valence-electron chi connectivity index (χ2n) is 7.04. The minimum atomic E-state index is 0. The summed E-state index contributed by atoms with van der Waals surface area (Å²) in [5.74, 6) is 0.858. The summed E-state index contributed by atoms with van der Waals surface area (Å²) in [5, 5.41) is 8.25. The van der Waals surface area contributed by atoms with Crippen molar-refractivity contribution in [3.63, 3.8) is 0 Å². The van der Waals surface area contributed by atoms with Gasteiger partial charge < -0.3 is 15.5 Å². The third-order valence-corrected chi connectivity index (χ3v) is 5.78. The summed E-state index contributed by atoms with van der Waals surface area (Å²) in [6.45, 7) is 12.0. The van der Waals surface area contributed by atoms with Crippen LogP contribution in [-0.4, -0.2) is 74.7 Å². The molecule has 1 heterocycles. The predicted molar refractivity (Wildman–Crippen MR) is 133 cm³/mol. The molecule has 2 N–H and O–H groups in total. The minimum absolute atomic E-state index is 0. The van der Waals surface area contributed by atoms with Crippen LogP contribution in [0.1, 0.15) is 25.8 Å². The molecule has 1 unspecified atom stereocenters. The van der Waals surface area contributed by atoms with Gasteiger partial charge in [0.2, 0.25) is 0 Å². The molecule has 1 saturated heterocycles. The lowest BCUT2D eigenvalue weighted by atomic mass is 10.1. The van der Waals surface area contributed by atoms with Crippen molar-refractivity contribution in [1.82, 2.24) is 20.4 Å². The molecule has 1 atom stereocenters. The summed E-state index contributed by atoms with van der Waals surface area (Å²) in [6.07, 6.45) is 1.90. The molecule has 0 aliphatic carbocycles. The van der Waals surface area contributed by atoms with Crippen LogP contribution in [0.25, 0.3) is 0 Å². The van der Waals surface area contributed by atoms with Crippen molar-refractivity contribution in [2.24, 2.45) is 4.99 Å². The Hall–Kier alpha value is -0.280. The van der Waals surface area contributed by atoms with E-state index in [2.05, 4.69) is 39.3 Å². The van der Waals surface area contributed by atoms with Gasteiger partial charge in [-0.1, -0.05) is 36.2 Å². The van der Waals surface area contributed by atoms with Gasteiger partial charge in [0.05, 0.1) is 0 Å². The molecule has 2 rings (SSSR count). The van der Waals surface area contributed by atoms with Crippen molar-refractivity contribution >= 4 is 53.1 Å². The van der Waals surface area contributed by atoms with Crippen molar-refractivity contribution in [1.29, 1.82) is 0 Å². The van der Waals surface area contributed by atoms with E-state index in [1.165, 1.54) is 13.1 Å². The second kappa shape index (κ2) is 13.9. The molecule has 0 spiro atoms. The van der Waals surface area contributed by atoms with Gasteiger partial charge in [-0.15, -0.1) is 24.0 Å². The first-order valence-electron chi connectivity index (χ1n) is 9.88. The van der Waals surface area contributed by atoms with Crippen LogP contribution in [-0.2, 0) is 6.42 Å². The molecule has 1 aliphatic heterocycles. The Kier molecular flexibility index (Phi) is 12.7. The Labute approximate surface area is 197 Å². The van der Waals surface area contributed by atoms with Crippen LogP contribution in [0, 0.1) is 0 Å². The van der Waals surface area contributed by atoms with Crippen molar-refractivity contribution in [2.45, 2.75) is 32.7 Å². The van der Waals surface area contributed by atoms with E-state index in [0.717, 1.165) is 62.1 Å². The molecule has 0 bridgehead atoms. The van der Waals surface area contributed by atoms with E-state index in [-0.39, 0.29) is 24.0 Å².